The molecule has 0 aromatic carbocycles. The van der Waals surface area contributed by atoms with E-state index in [1.807, 2.05) is 0 Å². The molecule has 1 radical (unpaired) electrons. The second-order valence-electron chi connectivity index (χ2n) is 0.755. The van der Waals surface area contributed by atoms with E-state index in [9.17, 15) is 0 Å². The van der Waals surface area contributed by atoms with Gasteiger partial charge in [0.05, 0.1) is 0 Å². The molecule has 0 atom stereocenters. The molecule has 0 saturated carbocycles. The van der Waals surface area contributed by atoms with Crippen molar-refractivity contribution in [1.29, 1.82) is 0 Å². The summed E-state index contributed by atoms with van der Waals surface area (Å²) in [5, 5.41) is 7.42. The van der Waals surface area contributed by atoms with Gasteiger partial charge in [-0.25, -0.2) is 0 Å². The van der Waals surface area contributed by atoms with Gasteiger partial charge in [0, 0.05) is 27.0 Å². The summed E-state index contributed by atoms with van der Waals surface area (Å²) >= 11 is 0. The van der Waals surface area contributed by atoms with Crippen LogP contribution in [-0.2, 0) is 29.7 Å². The van der Waals surface area contributed by atoms with Crippen LogP contribution < -0.4 is 0 Å². The second kappa shape index (κ2) is 15.8. The van der Waals surface area contributed by atoms with E-state index in [0.29, 0.717) is 0 Å². The van der Waals surface area contributed by atoms with Crippen LogP contribution in [0.25, 0.3) is 0 Å². The molecule has 3 nitrogen and oxygen atoms in total. The van der Waals surface area contributed by atoms with Gasteiger partial charge in [-0.1, -0.05) is 0 Å². The molecule has 1 N–H and O–H groups in total. The van der Waals surface area contributed by atoms with Crippen LogP contribution in [0.2, 0.25) is 0 Å². The van der Waals surface area contributed by atoms with E-state index >= 15 is 0 Å². The van der Waals surface area contributed by atoms with Crippen molar-refractivity contribution in [2.24, 2.45) is 0 Å². The van der Waals surface area contributed by atoms with Gasteiger partial charge in [0.2, 0.25) is 0 Å². The van der Waals surface area contributed by atoms with Crippen molar-refractivity contribution in [3.05, 3.63) is 0 Å². The van der Waals surface area contributed by atoms with Gasteiger partial charge in [0.15, 0.2) is 0 Å². The van der Waals surface area contributed by atoms with Crippen molar-refractivity contribution in [2.75, 3.05) is 0 Å². The van der Waals surface area contributed by atoms with E-state index < -0.39 is 5.97 Å². The Kier molecular flexibility index (Phi) is 31.0. The van der Waals surface area contributed by atoms with Crippen LogP contribution in [0.5, 0.6) is 0 Å². The molecule has 0 aromatic heterocycles. The molecule has 0 aliphatic heterocycles. The minimum atomic E-state index is -0.833. The zero-order valence-corrected chi connectivity index (χ0v) is 7.07. The summed E-state index contributed by atoms with van der Waals surface area (Å²) in [5.41, 5.74) is 0. The summed E-state index contributed by atoms with van der Waals surface area (Å²) in [6.45, 7) is 2.53. The van der Waals surface area contributed by atoms with Crippen molar-refractivity contribution in [2.45, 2.75) is 13.8 Å². The number of carboxylic acids is 1. The first-order chi connectivity index (χ1) is 3.15. The minimum Gasteiger partial charge on any atom is -0.481 e. The molecule has 0 unspecified atom stereocenters. The van der Waals surface area contributed by atoms with E-state index in [4.69, 9.17) is 14.7 Å². The molecule has 0 saturated heterocycles. The third kappa shape index (κ3) is 2990. The van der Waals surface area contributed by atoms with Gasteiger partial charge in [-0.3, -0.25) is 4.79 Å². The van der Waals surface area contributed by atoms with Gasteiger partial charge in [-0.05, 0) is 6.92 Å². The monoisotopic (exact) mass is 297 g/mol. The third-order valence-corrected chi connectivity index (χ3v) is 0. The van der Waals surface area contributed by atoms with E-state index in [-0.39, 0.29) is 20.1 Å². The Bertz CT molecular complexity index is 58.3. The predicted octanol–water partition coefficient (Wildman–Crippen LogP) is 0.294. The Balaban J connectivity index is -0.0000000575. The smallest absolute Gasteiger partial charge is 0.300 e. The molecule has 51 valence electrons. The van der Waals surface area contributed by atoms with Crippen LogP contribution in [-0.4, -0.2) is 17.4 Å². The predicted molar refractivity (Wildman–Crippen MR) is 25.0 cm³/mol. The van der Waals surface area contributed by atoms with Gasteiger partial charge >= 0.3 is 0 Å². The van der Waals surface area contributed by atoms with E-state index in [2.05, 4.69) is 0 Å². The molecule has 8 heavy (non-hydrogen) atoms. The SMILES string of the molecule is CC(=O)O.CC=O.[Ir]. The van der Waals surface area contributed by atoms with Gasteiger partial charge < -0.3 is 9.90 Å². The molecule has 0 aromatic rings. The van der Waals surface area contributed by atoms with Crippen LogP contribution in [0.15, 0.2) is 0 Å². The number of rotatable bonds is 0. The molecule has 0 rings (SSSR count). The number of aldehydes is 1. The molecular weight excluding hydrogens is 288 g/mol. The first-order valence-corrected chi connectivity index (χ1v) is 1.74. The summed E-state index contributed by atoms with van der Waals surface area (Å²) < 4.78 is 0. The van der Waals surface area contributed by atoms with E-state index in [0.717, 1.165) is 13.2 Å². The van der Waals surface area contributed by atoms with Gasteiger partial charge in [0.25, 0.3) is 5.97 Å². The van der Waals surface area contributed by atoms with Crippen LogP contribution in [0.3, 0.4) is 0 Å². The van der Waals surface area contributed by atoms with E-state index in [1.54, 1.807) is 0 Å². The summed E-state index contributed by atoms with van der Waals surface area (Å²) in [6.07, 6.45) is 0.750. The number of aliphatic carboxylic acids is 1. The summed E-state index contributed by atoms with van der Waals surface area (Å²) in [5.74, 6) is -0.833. The normalized spacial score (nSPS) is 4.75. The average Bonchev–Trinajstić information content (AvgIpc) is 1.33. The summed E-state index contributed by atoms with van der Waals surface area (Å²) in [7, 11) is 0. The van der Waals surface area contributed by atoms with Crippen LogP contribution in [0.4, 0.5) is 0 Å². The van der Waals surface area contributed by atoms with Crippen molar-refractivity contribution in [1.82, 2.24) is 0 Å². The molecular formula is C4H8IrO3. The van der Waals surface area contributed by atoms with Gasteiger partial charge in [-0.15, -0.1) is 0 Å². The Hall–Kier alpha value is -0.211. The zero-order chi connectivity index (χ0) is 6.28. The van der Waals surface area contributed by atoms with Crippen LogP contribution in [0, 0.1) is 0 Å². The first-order valence-electron chi connectivity index (χ1n) is 1.74. The largest absolute Gasteiger partial charge is 0.481 e. The Morgan fingerprint density at radius 2 is 1.62 bits per heavy atom. The van der Waals surface area contributed by atoms with Crippen LogP contribution in [0.1, 0.15) is 13.8 Å². The molecule has 0 bridgehead atoms. The fraction of sp³-hybridized carbons (Fsp3) is 0.500. The molecule has 0 heterocycles. The molecule has 0 aliphatic carbocycles. The summed E-state index contributed by atoms with van der Waals surface area (Å²) in [4.78, 5) is 17.8. The second-order valence-corrected chi connectivity index (χ2v) is 0.755. The number of hydrogen-bond acceptors (Lipinski definition) is 2. The quantitative estimate of drug-likeness (QED) is 0.654. The minimum absolute atomic E-state index is 0. The Labute approximate surface area is 61.4 Å². The van der Waals surface area contributed by atoms with Crippen molar-refractivity contribution in [3.8, 4) is 0 Å². The number of carbonyl (C=O) groups excluding carboxylic acids is 1. The fourth-order valence-electron chi connectivity index (χ4n) is 0. The maximum atomic E-state index is 9.00. The third-order valence-electron chi connectivity index (χ3n) is 0. The standard InChI is InChI=1S/C2H4O2.C2H4O.Ir/c1-2(3)4;1-2-3;/h1H3,(H,3,4);2H,1H3;. The summed E-state index contributed by atoms with van der Waals surface area (Å²) in [6, 6.07) is 0. The molecule has 0 fully saturated rings. The van der Waals surface area contributed by atoms with Crippen LogP contribution >= 0.6 is 0 Å². The Morgan fingerprint density at radius 3 is 1.62 bits per heavy atom. The van der Waals surface area contributed by atoms with Crippen molar-refractivity contribution < 1.29 is 34.8 Å². The fourth-order valence-corrected chi connectivity index (χ4v) is 0. The van der Waals surface area contributed by atoms with Crippen molar-refractivity contribution in [3.63, 3.8) is 0 Å². The molecule has 0 amide bonds. The maximum Gasteiger partial charge on any atom is 0.300 e. The molecule has 0 spiro atoms. The topological polar surface area (TPSA) is 54.4 Å². The first kappa shape index (κ1) is 15.7. The number of carbonyl (C=O) groups is 2. The zero-order valence-electron chi connectivity index (χ0n) is 4.67. The van der Waals surface area contributed by atoms with E-state index in [1.165, 1.54) is 6.92 Å². The van der Waals surface area contributed by atoms with Gasteiger partial charge in [0.1, 0.15) is 6.29 Å². The number of hydrogen-bond donors (Lipinski definition) is 1. The average molecular weight is 296 g/mol. The van der Waals surface area contributed by atoms with Gasteiger partial charge in [-0.2, -0.15) is 0 Å². The number of carboxylic acid groups (broad SMARTS) is 1. The molecule has 4 heteroatoms. The molecule has 0 aliphatic rings. The van der Waals surface area contributed by atoms with Crippen molar-refractivity contribution >= 4 is 12.3 Å². The Morgan fingerprint density at radius 1 is 1.62 bits per heavy atom. The maximum absolute atomic E-state index is 9.00.